The van der Waals surface area contributed by atoms with Crippen molar-refractivity contribution in [3.05, 3.63) is 64.4 Å². The van der Waals surface area contributed by atoms with Crippen LogP contribution in [0.4, 0.5) is 5.82 Å². The SMILES string of the molecule is O=c1cccc2n1CCN2Cc1ccccc1. The van der Waals surface area contributed by atoms with Crippen LogP contribution in [-0.4, -0.2) is 11.1 Å². The minimum atomic E-state index is 0.0954. The monoisotopic (exact) mass is 226 g/mol. The van der Waals surface area contributed by atoms with Crippen molar-refractivity contribution in [3.63, 3.8) is 0 Å². The number of anilines is 1. The number of benzene rings is 1. The molecule has 0 radical (unpaired) electrons. The van der Waals surface area contributed by atoms with Crippen LogP contribution in [0.5, 0.6) is 0 Å². The van der Waals surface area contributed by atoms with E-state index in [4.69, 9.17) is 0 Å². The van der Waals surface area contributed by atoms with E-state index >= 15 is 0 Å². The molecule has 0 spiro atoms. The third-order valence-electron chi connectivity index (χ3n) is 3.16. The van der Waals surface area contributed by atoms with Crippen LogP contribution in [0.2, 0.25) is 0 Å². The molecule has 0 saturated heterocycles. The summed E-state index contributed by atoms with van der Waals surface area (Å²) in [7, 11) is 0. The summed E-state index contributed by atoms with van der Waals surface area (Å²) in [4.78, 5) is 13.9. The molecule has 0 unspecified atom stereocenters. The van der Waals surface area contributed by atoms with Crippen molar-refractivity contribution < 1.29 is 0 Å². The van der Waals surface area contributed by atoms with Crippen molar-refractivity contribution in [1.29, 1.82) is 0 Å². The van der Waals surface area contributed by atoms with Gasteiger partial charge in [-0.2, -0.15) is 0 Å². The molecule has 1 aromatic carbocycles. The van der Waals surface area contributed by atoms with Gasteiger partial charge in [-0.1, -0.05) is 36.4 Å². The third kappa shape index (κ3) is 1.84. The highest BCUT2D eigenvalue weighted by molar-refractivity contribution is 5.43. The molecule has 1 aromatic heterocycles. The molecule has 3 rings (SSSR count). The number of pyridine rings is 1. The van der Waals surface area contributed by atoms with Gasteiger partial charge in [0.05, 0.1) is 0 Å². The Balaban J connectivity index is 1.90. The van der Waals surface area contributed by atoms with E-state index in [-0.39, 0.29) is 5.56 Å². The van der Waals surface area contributed by atoms with Gasteiger partial charge in [0.15, 0.2) is 0 Å². The van der Waals surface area contributed by atoms with Crippen molar-refractivity contribution in [2.24, 2.45) is 0 Å². The lowest BCUT2D eigenvalue weighted by Crippen LogP contribution is -2.20. The first-order chi connectivity index (χ1) is 8.34. The standard InChI is InChI=1S/C14H14N2O/c17-14-8-4-7-13-15(9-10-16(13)14)11-12-5-2-1-3-6-12/h1-8H,9-11H2. The van der Waals surface area contributed by atoms with Crippen LogP contribution < -0.4 is 10.5 Å². The molecule has 1 aliphatic heterocycles. The molecule has 2 aromatic rings. The normalized spacial score (nSPS) is 13.8. The van der Waals surface area contributed by atoms with Gasteiger partial charge in [-0.05, 0) is 11.6 Å². The Morgan fingerprint density at radius 2 is 1.76 bits per heavy atom. The topological polar surface area (TPSA) is 25.2 Å². The van der Waals surface area contributed by atoms with Gasteiger partial charge in [0, 0.05) is 25.7 Å². The van der Waals surface area contributed by atoms with E-state index in [2.05, 4.69) is 17.0 Å². The molecule has 0 atom stereocenters. The van der Waals surface area contributed by atoms with Crippen LogP contribution in [-0.2, 0) is 13.1 Å². The van der Waals surface area contributed by atoms with Crippen molar-refractivity contribution >= 4 is 5.82 Å². The Kier molecular flexibility index (Phi) is 2.44. The van der Waals surface area contributed by atoms with Gasteiger partial charge in [0.1, 0.15) is 5.82 Å². The quantitative estimate of drug-likeness (QED) is 0.781. The fraction of sp³-hybridized carbons (Fsp3) is 0.214. The van der Waals surface area contributed by atoms with E-state index in [0.717, 1.165) is 25.5 Å². The second kappa shape index (κ2) is 4.09. The molecule has 86 valence electrons. The highest BCUT2D eigenvalue weighted by atomic mass is 16.1. The zero-order valence-corrected chi connectivity index (χ0v) is 9.54. The van der Waals surface area contributed by atoms with Gasteiger partial charge in [-0.25, -0.2) is 0 Å². The second-order valence-corrected chi connectivity index (χ2v) is 4.28. The average Bonchev–Trinajstić information content (AvgIpc) is 2.76. The fourth-order valence-corrected chi connectivity index (χ4v) is 2.31. The summed E-state index contributed by atoms with van der Waals surface area (Å²) in [5.74, 6) is 1.03. The fourth-order valence-electron chi connectivity index (χ4n) is 2.31. The highest BCUT2D eigenvalue weighted by Gasteiger charge is 2.18. The van der Waals surface area contributed by atoms with Gasteiger partial charge < -0.3 is 4.90 Å². The molecule has 3 nitrogen and oxygen atoms in total. The first-order valence-corrected chi connectivity index (χ1v) is 5.83. The largest absolute Gasteiger partial charge is 0.352 e. The number of hydrogen-bond donors (Lipinski definition) is 0. The Morgan fingerprint density at radius 3 is 2.59 bits per heavy atom. The molecule has 1 aliphatic rings. The van der Waals surface area contributed by atoms with Crippen molar-refractivity contribution in [2.45, 2.75) is 13.1 Å². The predicted octanol–water partition coefficient (Wildman–Crippen LogP) is 1.87. The average molecular weight is 226 g/mol. The Bertz CT molecular complexity index is 574. The van der Waals surface area contributed by atoms with Gasteiger partial charge in [0.25, 0.3) is 5.56 Å². The van der Waals surface area contributed by atoms with Crippen LogP contribution in [0, 0.1) is 0 Å². The summed E-state index contributed by atoms with van der Waals surface area (Å²) in [6, 6.07) is 15.8. The zero-order valence-electron chi connectivity index (χ0n) is 9.54. The van der Waals surface area contributed by atoms with Crippen LogP contribution in [0.3, 0.4) is 0 Å². The van der Waals surface area contributed by atoms with Crippen LogP contribution >= 0.6 is 0 Å². The van der Waals surface area contributed by atoms with Crippen molar-refractivity contribution in [2.75, 3.05) is 11.4 Å². The number of hydrogen-bond acceptors (Lipinski definition) is 2. The molecular formula is C14H14N2O. The van der Waals surface area contributed by atoms with E-state index in [1.807, 2.05) is 34.9 Å². The van der Waals surface area contributed by atoms with Gasteiger partial charge in [-0.3, -0.25) is 9.36 Å². The maximum Gasteiger partial charge on any atom is 0.252 e. The van der Waals surface area contributed by atoms with E-state index in [0.29, 0.717) is 0 Å². The molecule has 0 N–H and O–H groups in total. The summed E-state index contributed by atoms with van der Waals surface area (Å²) >= 11 is 0. The van der Waals surface area contributed by atoms with Gasteiger partial charge in [0.2, 0.25) is 0 Å². The van der Waals surface area contributed by atoms with Crippen molar-refractivity contribution in [1.82, 2.24) is 4.57 Å². The smallest absolute Gasteiger partial charge is 0.252 e. The number of aromatic nitrogens is 1. The summed E-state index contributed by atoms with van der Waals surface area (Å²) < 4.78 is 1.84. The molecule has 3 heteroatoms. The lowest BCUT2D eigenvalue weighted by atomic mass is 10.2. The highest BCUT2D eigenvalue weighted by Crippen LogP contribution is 2.20. The molecule has 0 bridgehead atoms. The zero-order chi connectivity index (χ0) is 11.7. The maximum atomic E-state index is 11.6. The summed E-state index contributed by atoms with van der Waals surface area (Å²) in [6.07, 6.45) is 0. The van der Waals surface area contributed by atoms with E-state index < -0.39 is 0 Å². The van der Waals surface area contributed by atoms with E-state index in [1.54, 1.807) is 6.07 Å². The minimum absolute atomic E-state index is 0.0954. The Hall–Kier alpha value is -2.03. The first-order valence-electron chi connectivity index (χ1n) is 5.83. The molecular weight excluding hydrogens is 212 g/mol. The van der Waals surface area contributed by atoms with Crippen LogP contribution in [0.15, 0.2) is 53.3 Å². The number of rotatable bonds is 2. The molecule has 0 amide bonds. The molecule has 0 saturated carbocycles. The van der Waals surface area contributed by atoms with Crippen molar-refractivity contribution in [3.8, 4) is 0 Å². The lowest BCUT2D eigenvalue weighted by Gasteiger charge is -2.18. The molecule has 0 fully saturated rings. The Morgan fingerprint density at radius 1 is 0.941 bits per heavy atom. The van der Waals surface area contributed by atoms with E-state index in [1.165, 1.54) is 5.56 Å². The Labute approximate surface area is 99.9 Å². The van der Waals surface area contributed by atoms with Gasteiger partial charge >= 0.3 is 0 Å². The maximum absolute atomic E-state index is 11.6. The molecule has 2 heterocycles. The third-order valence-corrected chi connectivity index (χ3v) is 3.16. The summed E-state index contributed by atoms with van der Waals surface area (Å²) in [5, 5.41) is 0. The van der Waals surface area contributed by atoms with Gasteiger partial charge in [-0.15, -0.1) is 0 Å². The second-order valence-electron chi connectivity index (χ2n) is 4.28. The molecule has 0 aliphatic carbocycles. The number of fused-ring (bicyclic) bond motifs is 1. The van der Waals surface area contributed by atoms with Crippen LogP contribution in [0.1, 0.15) is 5.56 Å². The van der Waals surface area contributed by atoms with E-state index in [9.17, 15) is 4.79 Å². The minimum Gasteiger partial charge on any atom is -0.352 e. The first kappa shape index (κ1) is 10.1. The predicted molar refractivity (Wildman–Crippen MR) is 68.2 cm³/mol. The lowest BCUT2D eigenvalue weighted by molar-refractivity contribution is 0.751. The summed E-state index contributed by atoms with van der Waals surface area (Å²) in [5.41, 5.74) is 1.37. The molecule has 17 heavy (non-hydrogen) atoms. The summed E-state index contributed by atoms with van der Waals surface area (Å²) in [6.45, 7) is 2.57. The number of nitrogens with zero attached hydrogens (tertiary/aromatic N) is 2. The van der Waals surface area contributed by atoms with Crippen LogP contribution in [0.25, 0.3) is 0 Å².